The van der Waals surface area contributed by atoms with E-state index < -0.39 is 11.3 Å². The quantitative estimate of drug-likeness (QED) is 0.900. The molecule has 100 valence electrons. The first-order valence-electron chi connectivity index (χ1n) is 6.15. The van der Waals surface area contributed by atoms with Crippen LogP contribution in [0.2, 0.25) is 0 Å². The van der Waals surface area contributed by atoms with E-state index in [1.165, 1.54) is 0 Å². The fraction of sp³-hybridized carbons (Fsp3) is 0.571. The average molecular weight is 256 g/mol. The van der Waals surface area contributed by atoms with Gasteiger partial charge < -0.3 is 9.84 Å². The zero-order chi connectivity index (χ0) is 13.2. The highest BCUT2D eigenvalue weighted by Gasteiger charge is 2.43. The smallest absolute Gasteiger partial charge is 0.248 e. The van der Waals surface area contributed by atoms with Crippen LogP contribution in [0.5, 0.6) is 5.75 Å². The zero-order valence-electron chi connectivity index (χ0n) is 10.5. The Balaban J connectivity index is 2.22. The minimum Gasteiger partial charge on any atom is -0.497 e. The number of ether oxygens (including phenoxy) is 1. The van der Waals surface area contributed by atoms with Gasteiger partial charge in [-0.3, -0.25) is 0 Å². The first kappa shape index (κ1) is 13.3. The molecule has 1 saturated carbocycles. The van der Waals surface area contributed by atoms with Crippen molar-refractivity contribution >= 4 is 0 Å². The van der Waals surface area contributed by atoms with Gasteiger partial charge in [0.25, 0.3) is 0 Å². The van der Waals surface area contributed by atoms with Crippen molar-refractivity contribution < 1.29 is 18.6 Å². The average Bonchev–Trinajstić information content (AvgIpc) is 2.40. The molecule has 0 aliphatic heterocycles. The first-order valence-corrected chi connectivity index (χ1v) is 6.15. The number of aliphatic hydroxyl groups excluding tert-OH is 1. The van der Waals surface area contributed by atoms with E-state index in [2.05, 4.69) is 0 Å². The number of hydrogen-bond donors (Lipinski definition) is 1. The predicted octanol–water partition coefficient (Wildman–Crippen LogP) is 3.13. The van der Waals surface area contributed by atoms with E-state index in [0.717, 1.165) is 11.3 Å². The maximum absolute atomic E-state index is 13.2. The predicted molar refractivity (Wildman–Crippen MR) is 65.2 cm³/mol. The topological polar surface area (TPSA) is 29.5 Å². The molecule has 1 N–H and O–H groups in total. The van der Waals surface area contributed by atoms with Crippen LogP contribution in [0.3, 0.4) is 0 Å². The molecule has 1 aliphatic carbocycles. The lowest BCUT2D eigenvalue weighted by molar-refractivity contribution is -0.0590. The molecule has 1 aliphatic rings. The summed E-state index contributed by atoms with van der Waals surface area (Å²) in [5.41, 5.74) is 0.398. The lowest BCUT2D eigenvalue weighted by Crippen LogP contribution is -2.39. The molecule has 0 radical (unpaired) electrons. The van der Waals surface area contributed by atoms with Crippen molar-refractivity contribution in [3.8, 4) is 5.75 Å². The molecule has 1 aromatic rings. The summed E-state index contributed by atoms with van der Waals surface area (Å²) >= 11 is 0. The maximum Gasteiger partial charge on any atom is 0.248 e. The fourth-order valence-electron chi connectivity index (χ4n) is 2.58. The van der Waals surface area contributed by atoms with Crippen LogP contribution in [0, 0.1) is 0 Å². The van der Waals surface area contributed by atoms with Gasteiger partial charge in [-0.05, 0) is 30.5 Å². The van der Waals surface area contributed by atoms with Gasteiger partial charge in [0.15, 0.2) is 0 Å². The zero-order valence-corrected chi connectivity index (χ0v) is 10.5. The molecule has 4 heteroatoms. The number of hydrogen-bond acceptors (Lipinski definition) is 2. The van der Waals surface area contributed by atoms with Gasteiger partial charge in [0, 0.05) is 18.3 Å². The highest BCUT2D eigenvalue weighted by atomic mass is 19.3. The monoisotopic (exact) mass is 256 g/mol. The Bertz CT molecular complexity index is 391. The van der Waals surface area contributed by atoms with E-state index in [1.807, 2.05) is 12.1 Å². The third-order valence-electron chi connectivity index (χ3n) is 3.94. The molecular weight excluding hydrogens is 238 g/mol. The summed E-state index contributed by atoms with van der Waals surface area (Å²) in [4.78, 5) is 0. The van der Waals surface area contributed by atoms with Gasteiger partial charge in [-0.1, -0.05) is 12.1 Å². The Morgan fingerprint density at radius 1 is 1.11 bits per heavy atom. The molecule has 1 aromatic carbocycles. The highest BCUT2D eigenvalue weighted by Crippen LogP contribution is 2.45. The minimum absolute atomic E-state index is 0.0879. The molecule has 0 unspecified atom stereocenters. The minimum atomic E-state index is -2.58. The molecule has 0 atom stereocenters. The van der Waals surface area contributed by atoms with Crippen molar-refractivity contribution in [2.45, 2.75) is 37.0 Å². The third-order valence-corrected chi connectivity index (χ3v) is 3.94. The first-order chi connectivity index (χ1) is 8.51. The van der Waals surface area contributed by atoms with E-state index in [0.29, 0.717) is 12.8 Å². The lowest BCUT2D eigenvalue weighted by atomic mass is 9.69. The highest BCUT2D eigenvalue weighted by molar-refractivity contribution is 5.33. The summed E-state index contributed by atoms with van der Waals surface area (Å²) in [6.07, 6.45) is 0.338. The van der Waals surface area contributed by atoms with Crippen molar-refractivity contribution in [1.29, 1.82) is 0 Å². The van der Waals surface area contributed by atoms with E-state index in [-0.39, 0.29) is 19.4 Å². The Morgan fingerprint density at radius 3 is 2.11 bits per heavy atom. The van der Waals surface area contributed by atoms with Crippen LogP contribution in [0.1, 0.15) is 31.2 Å². The van der Waals surface area contributed by atoms with Crippen molar-refractivity contribution in [2.75, 3.05) is 13.7 Å². The van der Waals surface area contributed by atoms with Crippen LogP contribution in [-0.4, -0.2) is 24.7 Å². The lowest BCUT2D eigenvalue weighted by Gasteiger charge is -2.39. The van der Waals surface area contributed by atoms with Gasteiger partial charge in [0.1, 0.15) is 5.75 Å². The van der Waals surface area contributed by atoms with Crippen LogP contribution >= 0.6 is 0 Å². The molecule has 1 fully saturated rings. The van der Waals surface area contributed by atoms with Crippen LogP contribution in [0.15, 0.2) is 24.3 Å². The van der Waals surface area contributed by atoms with Gasteiger partial charge in [-0.2, -0.15) is 0 Å². The molecule has 2 rings (SSSR count). The number of halogens is 2. The molecular formula is C14H18F2O2. The van der Waals surface area contributed by atoms with Crippen LogP contribution in [-0.2, 0) is 5.41 Å². The summed E-state index contributed by atoms with van der Waals surface area (Å²) in [5.74, 6) is -1.85. The second-order valence-electron chi connectivity index (χ2n) is 5.02. The Morgan fingerprint density at radius 2 is 1.67 bits per heavy atom. The SMILES string of the molecule is COc1ccc(C2(CO)CCC(F)(F)CC2)cc1. The maximum atomic E-state index is 13.2. The standard InChI is InChI=1S/C14H18F2O2/c1-18-12-4-2-11(3-5-12)13(10-17)6-8-14(15,16)9-7-13/h2-5,17H,6-10H2,1H3. The number of alkyl halides is 2. The van der Waals surface area contributed by atoms with Gasteiger partial charge >= 0.3 is 0 Å². The number of aliphatic hydroxyl groups is 1. The molecule has 0 bridgehead atoms. The normalized spacial score (nSPS) is 21.6. The third kappa shape index (κ3) is 2.48. The van der Waals surface area contributed by atoms with E-state index >= 15 is 0 Å². The van der Waals surface area contributed by atoms with Crippen molar-refractivity contribution in [3.63, 3.8) is 0 Å². The largest absolute Gasteiger partial charge is 0.497 e. The van der Waals surface area contributed by atoms with Crippen molar-refractivity contribution in [1.82, 2.24) is 0 Å². The van der Waals surface area contributed by atoms with Gasteiger partial charge in [0.05, 0.1) is 13.7 Å². The number of methoxy groups -OCH3 is 1. The molecule has 0 saturated heterocycles. The fourth-order valence-corrected chi connectivity index (χ4v) is 2.58. The van der Waals surface area contributed by atoms with Crippen LogP contribution in [0.4, 0.5) is 8.78 Å². The summed E-state index contributed by atoms with van der Waals surface area (Å²) in [6, 6.07) is 7.33. The Labute approximate surface area is 106 Å². The van der Waals surface area contributed by atoms with Gasteiger partial charge in [-0.25, -0.2) is 8.78 Å². The van der Waals surface area contributed by atoms with Gasteiger partial charge in [0.2, 0.25) is 5.92 Å². The summed E-state index contributed by atoms with van der Waals surface area (Å²) < 4.78 is 31.5. The van der Waals surface area contributed by atoms with Crippen molar-refractivity contribution in [3.05, 3.63) is 29.8 Å². The summed E-state index contributed by atoms with van der Waals surface area (Å²) in [5, 5.41) is 9.62. The molecule has 0 aromatic heterocycles. The van der Waals surface area contributed by atoms with Crippen LogP contribution in [0.25, 0.3) is 0 Å². The molecule has 0 spiro atoms. The molecule has 2 nitrogen and oxygen atoms in total. The molecule has 0 heterocycles. The summed E-state index contributed by atoms with van der Waals surface area (Å²) in [6.45, 7) is -0.0879. The second kappa shape index (κ2) is 4.84. The van der Waals surface area contributed by atoms with Gasteiger partial charge in [-0.15, -0.1) is 0 Å². The van der Waals surface area contributed by atoms with E-state index in [1.54, 1.807) is 19.2 Å². The number of benzene rings is 1. The Kier molecular flexibility index (Phi) is 3.57. The molecule has 0 amide bonds. The molecule has 18 heavy (non-hydrogen) atoms. The second-order valence-corrected chi connectivity index (χ2v) is 5.02. The summed E-state index contributed by atoms with van der Waals surface area (Å²) in [7, 11) is 1.58. The number of rotatable bonds is 3. The van der Waals surface area contributed by atoms with E-state index in [9.17, 15) is 13.9 Å². The van der Waals surface area contributed by atoms with Crippen LogP contribution < -0.4 is 4.74 Å². The van der Waals surface area contributed by atoms with Crippen molar-refractivity contribution in [2.24, 2.45) is 0 Å². The Hall–Kier alpha value is -1.16. The van der Waals surface area contributed by atoms with E-state index in [4.69, 9.17) is 4.74 Å².